The van der Waals surface area contributed by atoms with Gasteiger partial charge in [0.15, 0.2) is 5.78 Å². The second-order valence-electron chi connectivity index (χ2n) is 4.93. The number of phenolic OH excluding ortho intramolecular Hbond substituents is 2. The lowest BCUT2D eigenvalue weighted by molar-refractivity contribution is -0.110. The maximum absolute atomic E-state index is 11.7. The van der Waals surface area contributed by atoms with Crippen LogP contribution >= 0.6 is 0 Å². The summed E-state index contributed by atoms with van der Waals surface area (Å²) in [7, 11) is 0. The Hall–Kier alpha value is -2.81. The van der Waals surface area contributed by atoms with Crippen LogP contribution in [0.25, 0.3) is 6.08 Å². The summed E-state index contributed by atoms with van der Waals surface area (Å²) in [4.78, 5) is 11.7. The molecule has 0 radical (unpaired) electrons. The highest BCUT2D eigenvalue weighted by atomic mass is 16.3. The molecule has 0 heterocycles. The second kappa shape index (κ2) is 7.84. The number of aromatic hydroxyl groups is 2. The minimum atomic E-state index is -0.0706. The van der Waals surface area contributed by atoms with Gasteiger partial charge in [0.05, 0.1) is 0 Å². The monoisotopic (exact) mass is 294 g/mol. The average Bonchev–Trinajstić information content (AvgIpc) is 2.53. The van der Waals surface area contributed by atoms with Crippen LogP contribution in [-0.2, 0) is 11.2 Å². The van der Waals surface area contributed by atoms with E-state index in [9.17, 15) is 15.0 Å². The van der Waals surface area contributed by atoms with E-state index in [0.717, 1.165) is 24.0 Å². The number of carbonyl (C=O) groups is 1. The summed E-state index contributed by atoms with van der Waals surface area (Å²) in [5.74, 6) is 0.394. The molecule has 0 aliphatic rings. The van der Waals surface area contributed by atoms with Crippen molar-refractivity contribution < 1.29 is 15.0 Å². The third-order valence-electron chi connectivity index (χ3n) is 3.15. The van der Waals surface area contributed by atoms with Gasteiger partial charge in [-0.2, -0.15) is 0 Å². The van der Waals surface area contributed by atoms with E-state index in [4.69, 9.17) is 0 Å². The lowest BCUT2D eigenvalue weighted by atomic mass is 10.1. The average molecular weight is 294 g/mol. The normalized spacial score (nSPS) is 11.3. The molecule has 2 N–H and O–H groups in total. The number of hydrogen-bond acceptors (Lipinski definition) is 3. The lowest BCUT2D eigenvalue weighted by Crippen LogP contribution is -1.86. The molecule has 0 spiro atoms. The second-order valence-corrected chi connectivity index (χ2v) is 4.93. The Morgan fingerprint density at radius 2 is 1.45 bits per heavy atom. The van der Waals surface area contributed by atoms with E-state index in [-0.39, 0.29) is 17.3 Å². The van der Waals surface area contributed by atoms with Crippen molar-refractivity contribution in [2.45, 2.75) is 12.8 Å². The Morgan fingerprint density at radius 3 is 2.09 bits per heavy atom. The third kappa shape index (κ3) is 5.29. The smallest absolute Gasteiger partial charge is 0.178 e. The maximum atomic E-state index is 11.7. The molecule has 0 aromatic heterocycles. The summed E-state index contributed by atoms with van der Waals surface area (Å²) < 4.78 is 0. The molecule has 0 atom stereocenters. The summed E-state index contributed by atoms with van der Waals surface area (Å²) in [6, 6.07) is 13.7. The van der Waals surface area contributed by atoms with E-state index in [1.165, 1.54) is 6.08 Å². The van der Waals surface area contributed by atoms with Crippen LogP contribution in [0.15, 0.2) is 66.8 Å². The first kappa shape index (κ1) is 15.6. The van der Waals surface area contributed by atoms with Crippen LogP contribution in [0.3, 0.4) is 0 Å². The summed E-state index contributed by atoms with van der Waals surface area (Å²) in [5, 5.41) is 18.4. The molecule has 0 bridgehead atoms. The summed E-state index contributed by atoms with van der Waals surface area (Å²) >= 11 is 0. The molecule has 2 aromatic carbocycles. The van der Waals surface area contributed by atoms with Crippen LogP contribution in [0.2, 0.25) is 0 Å². The van der Waals surface area contributed by atoms with Gasteiger partial charge in [-0.25, -0.2) is 0 Å². The number of rotatable bonds is 6. The van der Waals surface area contributed by atoms with Crippen molar-refractivity contribution in [1.82, 2.24) is 0 Å². The highest BCUT2D eigenvalue weighted by molar-refractivity contribution is 6.01. The van der Waals surface area contributed by atoms with Crippen LogP contribution in [-0.4, -0.2) is 16.0 Å². The van der Waals surface area contributed by atoms with E-state index in [1.54, 1.807) is 48.6 Å². The number of ketones is 1. The molecular formula is C19H18O3. The molecule has 2 aromatic rings. The Morgan fingerprint density at radius 1 is 0.864 bits per heavy atom. The van der Waals surface area contributed by atoms with E-state index in [0.29, 0.717) is 0 Å². The lowest BCUT2D eigenvalue weighted by Gasteiger charge is -1.97. The Labute approximate surface area is 129 Å². The number of hydrogen-bond donors (Lipinski definition) is 2. The van der Waals surface area contributed by atoms with Crippen LogP contribution < -0.4 is 0 Å². The highest BCUT2D eigenvalue weighted by Gasteiger charge is 1.94. The van der Waals surface area contributed by atoms with Crippen molar-refractivity contribution >= 4 is 11.9 Å². The van der Waals surface area contributed by atoms with Gasteiger partial charge in [0.1, 0.15) is 11.5 Å². The summed E-state index contributed by atoms with van der Waals surface area (Å²) in [6.07, 6.45) is 8.21. The predicted molar refractivity (Wildman–Crippen MR) is 87.7 cm³/mol. The summed E-state index contributed by atoms with van der Waals surface area (Å²) in [5.41, 5.74) is 1.98. The molecule has 0 saturated heterocycles. The molecule has 3 nitrogen and oxygen atoms in total. The molecule has 0 aliphatic carbocycles. The molecule has 3 heteroatoms. The topological polar surface area (TPSA) is 57.5 Å². The van der Waals surface area contributed by atoms with Gasteiger partial charge in [0.25, 0.3) is 0 Å². The maximum Gasteiger partial charge on any atom is 0.178 e. The van der Waals surface area contributed by atoms with Crippen LogP contribution in [0, 0.1) is 0 Å². The van der Waals surface area contributed by atoms with Gasteiger partial charge in [-0.3, -0.25) is 4.79 Å². The number of carbonyl (C=O) groups excluding carboxylic acids is 1. The third-order valence-corrected chi connectivity index (χ3v) is 3.15. The van der Waals surface area contributed by atoms with E-state index in [1.807, 2.05) is 18.2 Å². The molecule has 0 unspecified atom stereocenters. The zero-order chi connectivity index (χ0) is 15.8. The Bertz CT molecular complexity index is 665. The first-order chi connectivity index (χ1) is 10.6. The number of aryl methyl sites for hydroxylation is 1. The Balaban J connectivity index is 1.78. The molecule has 112 valence electrons. The quantitative estimate of drug-likeness (QED) is 0.795. The summed E-state index contributed by atoms with van der Waals surface area (Å²) in [6.45, 7) is 0. The molecule has 2 rings (SSSR count). The van der Waals surface area contributed by atoms with Crippen LogP contribution in [0.1, 0.15) is 17.5 Å². The van der Waals surface area contributed by atoms with E-state index >= 15 is 0 Å². The van der Waals surface area contributed by atoms with Crippen LogP contribution in [0.4, 0.5) is 0 Å². The predicted octanol–water partition coefficient (Wildman–Crippen LogP) is 3.87. The fraction of sp³-hybridized carbons (Fsp3) is 0.105. The zero-order valence-corrected chi connectivity index (χ0v) is 12.1. The van der Waals surface area contributed by atoms with E-state index in [2.05, 4.69) is 0 Å². The van der Waals surface area contributed by atoms with Gasteiger partial charge >= 0.3 is 0 Å². The molecule has 0 saturated carbocycles. The highest BCUT2D eigenvalue weighted by Crippen LogP contribution is 2.12. The number of benzene rings is 2. The van der Waals surface area contributed by atoms with Crippen molar-refractivity contribution in [2.75, 3.05) is 0 Å². The SMILES string of the molecule is O=C(/C=C/CCc1ccc(O)cc1)/C=C/c1ccc(O)cc1. The van der Waals surface area contributed by atoms with Gasteiger partial charge in [0.2, 0.25) is 0 Å². The van der Waals surface area contributed by atoms with Crippen LogP contribution in [0.5, 0.6) is 11.5 Å². The zero-order valence-electron chi connectivity index (χ0n) is 12.1. The Kier molecular flexibility index (Phi) is 5.55. The molecule has 22 heavy (non-hydrogen) atoms. The van der Waals surface area contributed by atoms with Crippen molar-refractivity contribution in [1.29, 1.82) is 0 Å². The van der Waals surface area contributed by atoms with E-state index < -0.39 is 0 Å². The van der Waals surface area contributed by atoms with Crippen molar-refractivity contribution in [3.63, 3.8) is 0 Å². The van der Waals surface area contributed by atoms with Crippen molar-refractivity contribution in [2.24, 2.45) is 0 Å². The largest absolute Gasteiger partial charge is 0.508 e. The van der Waals surface area contributed by atoms with Gasteiger partial charge < -0.3 is 10.2 Å². The molecule has 0 amide bonds. The molecule has 0 fully saturated rings. The van der Waals surface area contributed by atoms with Gasteiger partial charge in [-0.1, -0.05) is 36.4 Å². The van der Waals surface area contributed by atoms with Gasteiger partial charge in [-0.05, 0) is 60.4 Å². The number of allylic oxidation sites excluding steroid dienone is 3. The van der Waals surface area contributed by atoms with Gasteiger partial charge in [-0.15, -0.1) is 0 Å². The number of phenols is 2. The fourth-order valence-corrected chi connectivity index (χ4v) is 1.93. The first-order valence-electron chi connectivity index (χ1n) is 7.09. The standard InChI is InChI=1S/C19H18O3/c20-17(10-7-16-8-13-19(22)14-9-16)4-2-1-3-15-5-11-18(21)12-6-15/h2,4-14,21-22H,1,3H2/b4-2+,10-7+. The first-order valence-corrected chi connectivity index (χ1v) is 7.09. The van der Waals surface area contributed by atoms with Crippen molar-refractivity contribution in [3.05, 3.63) is 77.9 Å². The molecule has 0 aliphatic heterocycles. The minimum absolute atomic E-state index is 0.0706. The molecular weight excluding hydrogens is 276 g/mol. The van der Waals surface area contributed by atoms with Gasteiger partial charge in [0, 0.05) is 0 Å². The van der Waals surface area contributed by atoms with Crippen molar-refractivity contribution in [3.8, 4) is 11.5 Å². The fourth-order valence-electron chi connectivity index (χ4n) is 1.93. The minimum Gasteiger partial charge on any atom is -0.508 e.